The maximum absolute atomic E-state index is 12.6. The van der Waals surface area contributed by atoms with Crippen LogP contribution in [0.3, 0.4) is 0 Å². The Hall–Kier alpha value is -3.15. The van der Waals surface area contributed by atoms with E-state index in [1.54, 1.807) is 17.3 Å². The first kappa shape index (κ1) is 16.3. The number of hydrogen-bond donors (Lipinski definition) is 1. The molecule has 1 atom stereocenters. The smallest absolute Gasteiger partial charge is 0.295 e. The van der Waals surface area contributed by atoms with E-state index >= 15 is 0 Å². The maximum atomic E-state index is 12.6. The van der Waals surface area contributed by atoms with Gasteiger partial charge < -0.3 is 14.6 Å². The topological polar surface area (TPSA) is 75.3 Å². The van der Waals surface area contributed by atoms with Crippen molar-refractivity contribution in [1.29, 1.82) is 0 Å². The Balaban J connectivity index is 1.44. The molecule has 6 nitrogen and oxygen atoms in total. The highest BCUT2D eigenvalue weighted by atomic mass is 16.5. The van der Waals surface area contributed by atoms with E-state index in [2.05, 4.69) is 9.97 Å². The summed E-state index contributed by atoms with van der Waals surface area (Å²) in [6, 6.07) is 11.2. The van der Waals surface area contributed by atoms with E-state index in [1.165, 1.54) is 0 Å². The lowest BCUT2D eigenvalue weighted by molar-refractivity contribution is -0.125. The summed E-state index contributed by atoms with van der Waals surface area (Å²) in [4.78, 5) is 34.1. The zero-order chi connectivity index (χ0) is 18.1. The molecule has 132 valence electrons. The van der Waals surface area contributed by atoms with Crippen molar-refractivity contribution in [3.63, 3.8) is 0 Å². The zero-order valence-electron chi connectivity index (χ0n) is 14.4. The highest BCUT2D eigenvalue weighted by molar-refractivity contribution is 6.44. The van der Waals surface area contributed by atoms with Gasteiger partial charge in [0.15, 0.2) is 0 Å². The number of benzene rings is 1. The average Bonchev–Trinajstić information content (AvgIpc) is 3.29. The monoisotopic (exact) mass is 349 g/mol. The minimum atomic E-state index is -0.489. The van der Waals surface area contributed by atoms with Crippen molar-refractivity contribution < 1.29 is 14.3 Å². The highest BCUT2D eigenvalue weighted by Crippen LogP contribution is 2.21. The Bertz CT molecular complexity index is 962. The minimum Gasteiger partial charge on any atom is -0.472 e. The van der Waals surface area contributed by atoms with Crippen LogP contribution < -0.4 is 4.74 Å². The van der Waals surface area contributed by atoms with Gasteiger partial charge in [0.25, 0.3) is 11.7 Å². The largest absolute Gasteiger partial charge is 0.472 e. The van der Waals surface area contributed by atoms with Crippen molar-refractivity contribution in [2.45, 2.75) is 19.4 Å². The summed E-state index contributed by atoms with van der Waals surface area (Å²) in [5.41, 5.74) is 2.32. The second kappa shape index (κ2) is 6.63. The number of likely N-dealkylation sites (tertiary alicyclic amines) is 1. The quantitative estimate of drug-likeness (QED) is 0.580. The molecule has 1 unspecified atom stereocenters. The SMILES string of the molecule is Cc1ccc(OC2CCN(C(=O)C(=O)c3c[nH]c4ccccc34)C2)nc1. The number of amides is 1. The molecule has 1 amide bonds. The average molecular weight is 349 g/mol. The van der Waals surface area contributed by atoms with Crippen LogP contribution in [0.15, 0.2) is 48.8 Å². The molecule has 3 aromatic rings. The Labute approximate surface area is 150 Å². The molecular formula is C20H19N3O3. The molecule has 0 spiro atoms. The van der Waals surface area contributed by atoms with Crippen LogP contribution >= 0.6 is 0 Å². The van der Waals surface area contributed by atoms with E-state index in [0.717, 1.165) is 16.5 Å². The van der Waals surface area contributed by atoms with E-state index in [4.69, 9.17) is 4.74 Å². The molecule has 1 saturated heterocycles. The number of carbonyl (C=O) groups excluding carboxylic acids is 2. The first-order valence-corrected chi connectivity index (χ1v) is 8.61. The van der Waals surface area contributed by atoms with Crippen molar-refractivity contribution in [2.75, 3.05) is 13.1 Å². The third-order valence-electron chi connectivity index (χ3n) is 4.63. The van der Waals surface area contributed by atoms with Crippen LogP contribution in [0, 0.1) is 6.92 Å². The van der Waals surface area contributed by atoms with Gasteiger partial charge in [0, 0.05) is 42.3 Å². The summed E-state index contributed by atoms with van der Waals surface area (Å²) < 4.78 is 5.83. The van der Waals surface area contributed by atoms with Gasteiger partial charge in [-0.3, -0.25) is 9.59 Å². The molecule has 0 saturated carbocycles. The molecule has 1 aromatic carbocycles. The predicted molar refractivity (Wildman–Crippen MR) is 97.2 cm³/mol. The van der Waals surface area contributed by atoms with Gasteiger partial charge in [-0.2, -0.15) is 0 Å². The van der Waals surface area contributed by atoms with Crippen molar-refractivity contribution in [1.82, 2.24) is 14.9 Å². The van der Waals surface area contributed by atoms with Crippen LogP contribution in [-0.4, -0.2) is 45.8 Å². The molecule has 1 fully saturated rings. The summed E-state index contributed by atoms with van der Waals surface area (Å²) in [7, 11) is 0. The second-order valence-corrected chi connectivity index (χ2v) is 6.53. The molecule has 3 heterocycles. The van der Waals surface area contributed by atoms with Gasteiger partial charge in [0.2, 0.25) is 5.88 Å². The number of aryl methyl sites for hydroxylation is 1. The number of pyridine rings is 1. The van der Waals surface area contributed by atoms with Crippen molar-refractivity contribution in [2.24, 2.45) is 0 Å². The number of aromatic nitrogens is 2. The van der Waals surface area contributed by atoms with Crippen LogP contribution in [0.2, 0.25) is 0 Å². The van der Waals surface area contributed by atoms with Crippen molar-refractivity contribution in [3.05, 3.63) is 59.9 Å². The molecule has 4 rings (SSSR count). The zero-order valence-corrected chi connectivity index (χ0v) is 14.4. The summed E-state index contributed by atoms with van der Waals surface area (Å²) in [5, 5.41) is 0.765. The van der Waals surface area contributed by atoms with E-state index in [-0.39, 0.29) is 6.10 Å². The molecule has 0 aliphatic carbocycles. The second-order valence-electron chi connectivity index (χ2n) is 6.53. The minimum absolute atomic E-state index is 0.148. The van der Waals surface area contributed by atoms with Crippen LogP contribution in [0.1, 0.15) is 22.3 Å². The Morgan fingerprint density at radius 3 is 2.88 bits per heavy atom. The normalized spacial score (nSPS) is 16.8. The van der Waals surface area contributed by atoms with Gasteiger partial charge in [-0.15, -0.1) is 0 Å². The maximum Gasteiger partial charge on any atom is 0.295 e. The number of carbonyl (C=O) groups is 2. The summed E-state index contributed by atoms with van der Waals surface area (Å²) in [6.07, 6.45) is 3.88. The molecule has 6 heteroatoms. The van der Waals surface area contributed by atoms with Gasteiger partial charge in [-0.25, -0.2) is 4.98 Å². The first-order chi connectivity index (χ1) is 12.6. The van der Waals surface area contributed by atoms with Gasteiger partial charge in [0.05, 0.1) is 12.1 Å². The molecular weight excluding hydrogens is 330 g/mol. The number of fused-ring (bicyclic) bond motifs is 1. The highest BCUT2D eigenvalue weighted by Gasteiger charge is 2.32. The number of nitrogens with one attached hydrogen (secondary N) is 1. The number of ketones is 1. The Morgan fingerprint density at radius 2 is 2.08 bits per heavy atom. The van der Waals surface area contributed by atoms with Crippen molar-refractivity contribution in [3.8, 4) is 5.88 Å². The lowest BCUT2D eigenvalue weighted by Crippen LogP contribution is -2.36. The number of H-pyrrole nitrogens is 1. The summed E-state index contributed by atoms with van der Waals surface area (Å²) in [6.45, 7) is 2.86. The lowest BCUT2D eigenvalue weighted by atomic mass is 10.1. The molecule has 2 aromatic heterocycles. The standard InChI is InChI=1S/C20H19N3O3/c1-13-6-7-18(22-10-13)26-14-8-9-23(12-14)20(25)19(24)16-11-21-17-5-3-2-4-15(16)17/h2-7,10-11,14,21H,8-9,12H2,1H3. The fraction of sp³-hybridized carbons (Fsp3) is 0.250. The predicted octanol–water partition coefficient (Wildman–Crippen LogP) is 2.73. The van der Waals surface area contributed by atoms with Crippen LogP contribution in [0.5, 0.6) is 5.88 Å². The third-order valence-corrected chi connectivity index (χ3v) is 4.63. The first-order valence-electron chi connectivity index (χ1n) is 8.61. The molecule has 1 aliphatic rings. The van der Waals surface area contributed by atoms with E-state index in [1.807, 2.05) is 43.3 Å². The summed E-state index contributed by atoms with van der Waals surface area (Å²) in [5.74, 6) is -0.438. The summed E-state index contributed by atoms with van der Waals surface area (Å²) >= 11 is 0. The van der Waals surface area contributed by atoms with Gasteiger partial charge >= 0.3 is 0 Å². The van der Waals surface area contributed by atoms with Crippen LogP contribution in [0.25, 0.3) is 10.9 Å². The van der Waals surface area contributed by atoms with E-state index in [0.29, 0.717) is 31.0 Å². The number of rotatable bonds is 4. The number of Topliss-reactive ketones (excluding diaryl/α,β-unsaturated/α-hetero) is 1. The Kier molecular flexibility index (Phi) is 4.16. The van der Waals surface area contributed by atoms with Gasteiger partial charge in [-0.1, -0.05) is 24.3 Å². The number of hydrogen-bond acceptors (Lipinski definition) is 4. The number of ether oxygens (including phenoxy) is 1. The third kappa shape index (κ3) is 3.06. The fourth-order valence-corrected chi connectivity index (χ4v) is 3.22. The van der Waals surface area contributed by atoms with Crippen molar-refractivity contribution >= 4 is 22.6 Å². The lowest BCUT2D eigenvalue weighted by Gasteiger charge is -2.16. The van der Waals surface area contributed by atoms with Crippen LogP contribution in [-0.2, 0) is 4.79 Å². The molecule has 0 radical (unpaired) electrons. The number of para-hydroxylation sites is 1. The number of aromatic amines is 1. The molecule has 26 heavy (non-hydrogen) atoms. The van der Waals surface area contributed by atoms with Gasteiger partial charge in [-0.05, 0) is 18.6 Å². The molecule has 1 N–H and O–H groups in total. The molecule has 0 bridgehead atoms. The van der Waals surface area contributed by atoms with E-state index in [9.17, 15) is 9.59 Å². The van der Waals surface area contributed by atoms with Gasteiger partial charge in [0.1, 0.15) is 6.10 Å². The van der Waals surface area contributed by atoms with Crippen LogP contribution in [0.4, 0.5) is 0 Å². The fourth-order valence-electron chi connectivity index (χ4n) is 3.22. The Morgan fingerprint density at radius 1 is 1.23 bits per heavy atom. The molecule has 1 aliphatic heterocycles. The number of nitrogens with zero attached hydrogens (tertiary/aromatic N) is 2. The van der Waals surface area contributed by atoms with E-state index < -0.39 is 11.7 Å².